The summed E-state index contributed by atoms with van der Waals surface area (Å²) in [5.41, 5.74) is 2.13. The molecule has 2 aromatic carbocycles. The number of fused-ring (bicyclic) bond motifs is 1. The third-order valence-electron chi connectivity index (χ3n) is 4.40. The van der Waals surface area contributed by atoms with Gasteiger partial charge in [0.15, 0.2) is 5.84 Å². The molecule has 0 radical (unpaired) electrons. The lowest BCUT2D eigenvalue weighted by Gasteiger charge is -2.20. The minimum atomic E-state index is -0.411. The molecule has 146 valence electrons. The highest BCUT2D eigenvalue weighted by Gasteiger charge is 2.35. The molecule has 0 aliphatic carbocycles. The van der Waals surface area contributed by atoms with Crippen molar-refractivity contribution >= 4 is 39.8 Å². The summed E-state index contributed by atoms with van der Waals surface area (Å²) in [5, 5.41) is 15.6. The molecule has 0 atom stereocenters. The number of nitrogens with zero attached hydrogens (tertiary/aromatic N) is 3. The summed E-state index contributed by atoms with van der Waals surface area (Å²) in [6.07, 6.45) is 3.44. The topological polar surface area (TPSA) is 78.1 Å². The normalized spacial score (nSPS) is 17.3. The molecule has 7 heteroatoms. The van der Waals surface area contributed by atoms with Gasteiger partial charge in [-0.2, -0.15) is 15.1 Å². The highest BCUT2D eigenvalue weighted by atomic mass is 32.2. The number of thioether (sulfide) groups is 1. The van der Waals surface area contributed by atoms with E-state index in [1.807, 2.05) is 54.6 Å². The summed E-state index contributed by atoms with van der Waals surface area (Å²) in [6, 6.07) is 17.4. The van der Waals surface area contributed by atoms with E-state index in [9.17, 15) is 4.79 Å². The number of carbonyl (C=O) groups excluding carboxylic acids is 1. The van der Waals surface area contributed by atoms with Gasteiger partial charge in [-0.25, -0.2) is 0 Å². The SMILES string of the molecule is CCCC1=NN2C(=N)C(=Cc3ccc(OCc4ccccc4)cc3)C(=O)N=C2S1. The molecule has 0 saturated carbocycles. The Bertz CT molecular complexity index is 1030. The average molecular weight is 404 g/mol. The van der Waals surface area contributed by atoms with Gasteiger partial charge in [-0.15, -0.1) is 0 Å². The van der Waals surface area contributed by atoms with Gasteiger partial charge >= 0.3 is 0 Å². The number of hydrogen-bond donors (Lipinski definition) is 1. The van der Waals surface area contributed by atoms with Crippen molar-refractivity contribution in [1.29, 1.82) is 5.41 Å². The largest absolute Gasteiger partial charge is 0.489 e. The fourth-order valence-corrected chi connectivity index (χ4v) is 3.90. The number of ether oxygens (including phenoxy) is 1. The number of hydrogen-bond acceptors (Lipinski definition) is 5. The van der Waals surface area contributed by atoms with Crippen molar-refractivity contribution in [2.75, 3.05) is 0 Å². The van der Waals surface area contributed by atoms with E-state index < -0.39 is 5.91 Å². The van der Waals surface area contributed by atoms with Crippen molar-refractivity contribution in [3.63, 3.8) is 0 Å². The molecule has 0 aromatic heterocycles. The Morgan fingerprint density at radius 3 is 2.62 bits per heavy atom. The second-order valence-corrected chi connectivity index (χ2v) is 7.65. The maximum atomic E-state index is 12.4. The average Bonchev–Trinajstić information content (AvgIpc) is 3.14. The summed E-state index contributed by atoms with van der Waals surface area (Å²) in [5.74, 6) is 0.389. The van der Waals surface area contributed by atoms with E-state index in [-0.39, 0.29) is 11.4 Å². The Hall–Kier alpha value is -3.19. The molecule has 0 fully saturated rings. The minimum Gasteiger partial charge on any atom is -0.489 e. The van der Waals surface area contributed by atoms with Crippen LogP contribution in [0.2, 0.25) is 0 Å². The van der Waals surface area contributed by atoms with Gasteiger partial charge in [-0.1, -0.05) is 49.4 Å². The molecule has 4 rings (SSSR count). The maximum Gasteiger partial charge on any atom is 0.283 e. The highest BCUT2D eigenvalue weighted by molar-refractivity contribution is 8.26. The lowest BCUT2D eigenvalue weighted by molar-refractivity contribution is -0.114. The van der Waals surface area contributed by atoms with Crippen molar-refractivity contribution in [2.24, 2.45) is 10.1 Å². The predicted octanol–water partition coefficient (Wildman–Crippen LogP) is 4.68. The minimum absolute atomic E-state index is 0.0583. The summed E-state index contributed by atoms with van der Waals surface area (Å²) >= 11 is 1.36. The first-order valence-corrected chi connectivity index (χ1v) is 10.2. The van der Waals surface area contributed by atoms with Gasteiger partial charge in [0.05, 0.1) is 5.57 Å². The zero-order chi connectivity index (χ0) is 20.2. The van der Waals surface area contributed by atoms with Crippen molar-refractivity contribution < 1.29 is 9.53 Å². The Kier molecular flexibility index (Phi) is 5.57. The summed E-state index contributed by atoms with van der Waals surface area (Å²) < 4.78 is 5.79. The monoisotopic (exact) mass is 404 g/mol. The summed E-state index contributed by atoms with van der Waals surface area (Å²) in [6.45, 7) is 2.56. The molecule has 2 heterocycles. The fraction of sp³-hybridized carbons (Fsp3) is 0.182. The van der Waals surface area contributed by atoms with Gasteiger partial charge in [-0.3, -0.25) is 10.2 Å². The first kappa shape index (κ1) is 19.1. The molecular formula is C22H20N4O2S. The number of aliphatic imine (C=N–C) groups is 1. The van der Waals surface area contributed by atoms with Crippen LogP contribution in [-0.2, 0) is 11.4 Å². The molecule has 0 spiro atoms. The van der Waals surface area contributed by atoms with Crippen LogP contribution < -0.4 is 4.74 Å². The van der Waals surface area contributed by atoms with Crippen LogP contribution in [0.15, 0.2) is 70.3 Å². The van der Waals surface area contributed by atoms with Crippen LogP contribution in [0, 0.1) is 5.41 Å². The number of benzene rings is 2. The lowest BCUT2D eigenvalue weighted by Crippen LogP contribution is -2.35. The Labute approximate surface area is 173 Å². The molecule has 0 saturated heterocycles. The molecule has 1 amide bonds. The van der Waals surface area contributed by atoms with E-state index >= 15 is 0 Å². The van der Waals surface area contributed by atoms with Gasteiger partial charge in [-0.05, 0) is 53.9 Å². The maximum absolute atomic E-state index is 12.4. The van der Waals surface area contributed by atoms with Crippen molar-refractivity contribution in [1.82, 2.24) is 5.01 Å². The summed E-state index contributed by atoms with van der Waals surface area (Å²) in [7, 11) is 0. The van der Waals surface area contributed by atoms with E-state index in [1.165, 1.54) is 16.8 Å². The molecule has 2 aromatic rings. The Balaban J connectivity index is 1.48. The smallest absolute Gasteiger partial charge is 0.283 e. The van der Waals surface area contributed by atoms with Crippen LogP contribution in [0.5, 0.6) is 5.75 Å². The van der Waals surface area contributed by atoms with Crippen molar-refractivity contribution in [3.8, 4) is 5.75 Å². The zero-order valence-corrected chi connectivity index (χ0v) is 16.8. The second-order valence-electron chi connectivity index (χ2n) is 6.61. The molecule has 29 heavy (non-hydrogen) atoms. The van der Waals surface area contributed by atoms with Crippen LogP contribution in [0.3, 0.4) is 0 Å². The molecule has 2 aliphatic heterocycles. The highest BCUT2D eigenvalue weighted by Crippen LogP contribution is 2.29. The lowest BCUT2D eigenvalue weighted by atomic mass is 10.1. The van der Waals surface area contributed by atoms with Gasteiger partial charge in [0.1, 0.15) is 17.4 Å². The zero-order valence-electron chi connectivity index (χ0n) is 16.0. The first-order valence-electron chi connectivity index (χ1n) is 9.40. The molecular weight excluding hydrogens is 384 g/mol. The van der Waals surface area contributed by atoms with Gasteiger partial charge in [0.25, 0.3) is 5.91 Å². The molecule has 2 aliphatic rings. The number of hydrazone groups is 1. The number of carbonyl (C=O) groups is 1. The molecule has 1 N–H and O–H groups in total. The Morgan fingerprint density at radius 2 is 1.90 bits per heavy atom. The first-order chi connectivity index (χ1) is 14.1. The number of amides is 1. The van der Waals surface area contributed by atoms with Crippen LogP contribution in [-0.4, -0.2) is 27.0 Å². The van der Waals surface area contributed by atoms with E-state index in [1.54, 1.807) is 6.08 Å². The number of amidine groups is 2. The van der Waals surface area contributed by atoms with Gasteiger partial charge < -0.3 is 4.74 Å². The quantitative estimate of drug-likeness (QED) is 0.709. The second kappa shape index (κ2) is 8.45. The van der Waals surface area contributed by atoms with Gasteiger partial charge in [0, 0.05) is 0 Å². The standard InChI is InChI=1S/C22H20N4O2S/c1-2-6-19-25-26-20(23)18(21(27)24-22(26)29-19)13-15-9-11-17(12-10-15)28-14-16-7-4-3-5-8-16/h3-5,7-13,23H,2,6,14H2,1H3. The van der Waals surface area contributed by atoms with E-state index in [0.29, 0.717) is 11.8 Å². The molecule has 0 bridgehead atoms. The summed E-state index contributed by atoms with van der Waals surface area (Å²) in [4.78, 5) is 16.5. The van der Waals surface area contributed by atoms with E-state index in [4.69, 9.17) is 10.1 Å². The number of rotatable bonds is 6. The number of nitrogens with one attached hydrogen (secondary N) is 1. The van der Waals surface area contributed by atoms with Crippen molar-refractivity contribution in [3.05, 3.63) is 71.3 Å². The van der Waals surface area contributed by atoms with E-state index in [0.717, 1.165) is 34.8 Å². The fourth-order valence-electron chi connectivity index (χ4n) is 2.91. The molecule has 6 nitrogen and oxygen atoms in total. The van der Waals surface area contributed by atoms with E-state index in [2.05, 4.69) is 17.0 Å². The van der Waals surface area contributed by atoms with Gasteiger partial charge in [0.2, 0.25) is 5.17 Å². The van der Waals surface area contributed by atoms with Crippen LogP contribution >= 0.6 is 11.8 Å². The molecule has 0 unspecified atom stereocenters. The predicted molar refractivity (Wildman–Crippen MR) is 117 cm³/mol. The van der Waals surface area contributed by atoms with Crippen LogP contribution in [0.25, 0.3) is 6.08 Å². The third kappa shape index (κ3) is 4.30. The van der Waals surface area contributed by atoms with Crippen LogP contribution in [0.1, 0.15) is 30.9 Å². The van der Waals surface area contributed by atoms with Crippen LogP contribution in [0.4, 0.5) is 0 Å². The third-order valence-corrected chi connectivity index (χ3v) is 5.37. The Morgan fingerprint density at radius 1 is 1.14 bits per heavy atom. The van der Waals surface area contributed by atoms with Crippen molar-refractivity contribution in [2.45, 2.75) is 26.4 Å².